The third kappa shape index (κ3) is 7.24. The number of ether oxygens (including phenoxy) is 4. The zero-order valence-electron chi connectivity index (χ0n) is 18.3. The SMILES string of the molecule is CCNC(=NCc1cc(OC)c(OC)c(OC)c1)NCc1ccccc1COC.I. The van der Waals surface area contributed by atoms with Crippen LogP contribution in [0.1, 0.15) is 23.6 Å². The molecular weight excluding hydrogens is 497 g/mol. The van der Waals surface area contributed by atoms with Crippen molar-refractivity contribution >= 4 is 29.9 Å². The molecule has 8 heteroatoms. The molecular formula is C22H32IN3O4. The molecule has 0 bridgehead atoms. The van der Waals surface area contributed by atoms with Crippen molar-refractivity contribution in [3.63, 3.8) is 0 Å². The van der Waals surface area contributed by atoms with Crippen LogP contribution in [0.15, 0.2) is 41.4 Å². The van der Waals surface area contributed by atoms with Gasteiger partial charge in [-0.05, 0) is 35.7 Å². The summed E-state index contributed by atoms with van der Waals surface area (Å²) in [6.07, 6.45) is 0. The molecule has 0 aliphatic heterocycles. The average Bonchev–Trinajstić information content (AvgIpc) is 2.75. The van der Waals surface area contributed by atoms with Crippen LogP contribution in [-0.4, -0.2) is 40.9 Å². The molecule has 2 rings (SSSR count). The van der Waals surface area contributed by atoms with Crippen LogP contribution >= 0.6 is 24.0 Å². The van der Waals surface area contributed by atoms with Gasteiger partial charge in [-0.15, -0.1) is 24.0 Å². The molecule has 2 N–H and O–H groups in total. The Bertz CT molecular complexity index is 790. The molecule has 0 aromatic heterocycles. The van der Waals surface area contributed by atoms with Gasteiger partial charge in [0.2, 0.25) is 5.75 Å². The summed E-state index contributed by atoms with van der Waals surface area (Å²) >= 11 is 0. The Balaban J connectivity index is 0.00000450. The summed E-state index contributed by atoms with van der Waals surface area (Å²) in [5.74, 6) is 2.53. The lowest BCUT2D eigenvalue weighted by molar-refractivity contribution is 0.184. The van der Waals surface area contributed by atoms with Gasteiger partial charge in [-0.1, -0.05) is 24.3 Å². The van der Waals surface area contributed by atoms with Crippen molar-refractivity contribution in [3.8, 4) is 17.2 Å². The molecule has 0 atom stereocenters. The highest BCUT2D eigenvalue weighted by atomic mass is 127. The molecule has 30 heavy (non-hydrogen) atoms. The second-order valence-electron chi connectivity index (χ2n) is 6.28. The Morgan fingerprint density at radius 3 is 2.07 bits per heavy atom. The van der Waals surface area contributed by atoms with Crippen LogP contribution in [0.4, 0.5) is 0 Å². The van der Waals surface area contributed by atoms with Gasteiger partial charge in [-0.2, -0.15) is 0 Å². The number of benzene rings is 2. The number of halogens is 1. The van der Waals surface area contributed by atoms with Gasteiger partial charge in [-0.25, -0.2) is 4.99 Å². The van der Waals surface area contributed by atoms with Crippen LogP contribution in [0.5, 0.6) is 17.2 Å². The fourth-order valence-electron chi connectivity index (χ4n) is 2.94. The number of aliphatic imine (C=N–C) groups is 1. The highest BCUT2D eigenvalue weighted by Gasteiger charge is 2.13. The molecule has 0 saturated heterocycles. The van der Waals surface area contributed by atoms with Gasteiger partial charge < -0.3 is 29.6 Å². The Morgan fingerprint density at radius 2 is 1.53 bits per heavy atom. The number of nitrogens with one attached hydrogen (secondary N) is 2. The minimum Gasteiger partial charge on any atom is -0.493 e. The number of guanidine groups is 1. The van der Waals surface area contributed by atoms with Crippen LogP contribution in [0.3, 0.4) is 0 Å². The Labute approximate surface area is 196 Å². The number of nitrogens with zero attached hydrogens (tertiary/aromatic N) is 1. The zero-order chi connectivity index (χ0) is 21.1. The van der Waals surface area contributed by atoms with E-state index in [9.17, 15) is 0 Å². The quantitative estimate of drug-likeness (QED) is 0.278. The molecule has 2 aromatic rings. The van der Waals surface area contributed by atoms with Gasteiger partial charge in [0.15, 0.2) is 17.5 Å². The van der Waals surface area contributed by atoms with Gasteiger partial charge in [0.25, 0.3) is 0 Å². The lowest BCUT2D eigenvalue weighted by Crippen LogP contribution is -2.37. The minimum atomic E-state index is 0. The van der Waals surface area contributed by atoms with Crippen LogP contribution in [0.2, 0.25) is 0 Å². The van der Waals surface area contributed by atoms with E-state index in [0.717, 1.165) is 23.6 Å². The van der Waals surface area contributed by atoms with Gasteiger partial charge in [0.05, 0.1) is 34.5 Å². The van der Waals surface area contributed by atoms with Gasteiger partial charge in [-0.3, -0.25) is 0 Å². The van der Waals surface area contributed by atoms with Crippen LogP contribution in [-0.2, 0) is 24.4 Å². The fraction of sp³-hybridized carbons (Fsp3) is 0.409. The van der Waals surface area contributed by atoms with E-state index in [-0.39, 0.29) is 24.0 Å². The second kappa shape index (κ2) is 13.9. The summed E-state index contributed by atoms with van der Waals surface area (Å²) in [5.41, 5.74) is 3.28. The van der Waals surface area contributed by atoms with E-state index in [2.05, 4.69) is 22.8 Å². The molecule has 166 valence electrons. The predicted octanol–water partition coefficient (Wildman–Crippen LogP) is 3.73. The van der Waals surface area contributed by atoms with E-state index < -0.39 is 0 Å². The lowest BCUT2D eigenvalue weighted by Gasteiger charge is -2.15. The molecule has 7 nitrogen and oxygen atoms in total. The Morgan fingerprint density at radius 1 is 0.900 bits per heavy atom. The third-order valence-electron chi connectivity index (χ3n) is 4.35. The molecule has 0 heterocycles. The maximum absolute atomic E-state index is 5.42. The van der Waals surface area contributed by atoms with E-state index in [0.29, 0.717) is 36.9 Å². The maximum Gasteiger partial charge on any atom is 0.203 e. The lowest BCUT2D eigenvalue weighted by atomic mass is 10.1. The van der Waals surface area contributed by atoms with Crippen LogP contribution < -0.4 is 24.8 Å². The topological polar surface area (TPSA) is 73.3 Å². The van der Waals surface area contributed by atoms with Crippen LogP contribution in [0.25, 0.3) is 0 Å². The molecule has 2 aromatic carbocycles. The van der Waals surface area contributed by atoms with Gasteiger partial charge in [0.1, 0.15) is 0 Å². The third-order valence-corrected chi connectivity index (χ3v) is 4.35. The van der Waals surface area contributed by atoms with E-state index >= 15 is 0 Å². The molecule has 0 spiro atoms. The minimum absolute atomic E-state index is 0. The van der Waals surface area contributed by atoms with E-state index in [1.165, 1.54) is 5.56 Å². The Hall–Kier alpha value is -2.20. The molecule has 0 fully saturated rings. The summed E-state index contributed by atoms with van der Waals surface area (Å²) in [4.78, 5) is 4.69. The van der Waals surface area contributed by atoms with Crippen molar-refractivity contribution in [2.24, 2.45) is 4.99 Å². The summed E-state index contributed by atoms with van der Waals surface area (Å²) in [5, 5.41) is 6.66. The summed E-state index contributed by atoms with van der Waals surface area (Å²) in [7, 11) is 6.50. The molecule has 0 aliphatic carbocycles. The number of hydrogen-bond donors (Lipinski definition) is 2. The summed E-state index contributed by atoms with van der Waals surface area (Å²) in [6, 6.07) is 12.0. The Kier molecular flexibility index (Phi) is 12.0. The zero-order valence-corrected chi connectivity index (χ0v) is 20.6. The first-order valence-electron chi connectivity index (χ1n) is 9.53. The largest absolute Gasteiger partial charge is 0.493 e. The molecule has 0 saturated carbocycles. The van der Waals surface area contributed by atoms with Crippen molar-refractivity contribution in [2.45, 2.75) is 26.6 Å². The molecule has 0 radical (unpaired) electrons. The van der Waals surface area contributed by atoms with E-state index in [4.69, 9.17) is 23.9 Å². The fourth-order valence-corrected chi connectivity index (χ4v) is 2.94. The van der Waals surface area contributed by atoms with Crippen molar-refractivity contribution in [3.05, 3.63) is 53.1 Å². The standard InChI is InChI=1S/C22H31N3O4.HI/c1-6-23-22(25-14-17-9-7-8-10-18(17)15-26-2)24-13-16-11-19(27-3)21(29-5)20(12-16)28-4;/h7-12H,6,13-15H2,1-5H3,(H2,23,24,25);1H. The molecule has 0 aliphatic rings. The highest BCUT2D eigenvalue weighted by Crippen LogP contribution is 2.38. The normalized spacial score (nSPS) is 10.8. The van der Waals surface area contributed by atoms with Gasteiger partial charge >= 0.3 is 0 Å². The molecule has 0 amide bonds. The maximum atomic E-state index is 5.42. The first-order valence-corrected chi connectivity index (χ1v) is 9.53. The van der Waals surface area contributed by atoms with Crippen molar-refractivity contribution < 1.29 is 18.9 Å². The highest BCUT2D eigenvalue weighted by molar-refractivity contribution is 14.0. The van der Waals surface area contributed by atoms with Gasteiger partial charge in [0, 0.05) is 20.2 Å². The second-order valence-corrected chi connectivity index (χ2v) is 6.28. The number of methoxy groups -OCH3 is 4. The summed E-state index contributed by atoms with van der Waals surface area (Å²) in [6.45, 7) is 4.50. The number of hydrogen-bond acceptors (Lipinski definition) is 5. The van der Waals surface area contributed by atoms with E-state index in [1.807, 2.05) is 31.2 Å². The first kappa shape index (κ1) is 25.8. The smallest absolute Gasteiger partial charge is 0.203 e. The van der Waals surface area contributed by atoms with Crippen molar-refractivity contribution in [2.75, 3.05) is 35.0 Å². The first-order chi connectivity index (χ1) is 14.2. The number of rotatable bonds is 10. The average molecular weight is 529 g/mol. The predicted molar refractivity (Wildman–Crippen MR) is 130 cm³/mol. The van der Waals surface area contributed by atoms with Crippen molar-refractivity contribution in [1.82, 2.24) is 10.6 Å². The summed E-state index contributed by atoms with van der Waals surface area (Å²) < 4.78 is 21.5. The van der Waals surface area contributed by atoms with Crippen molar-refractivity contribution in [1.29, 1.82) is 0 Å². The monoisotopic (exact) mass is 529 g/mol. The molecule has 0 unspecified atom stereocenters. The van der Waals surface area contributed by atoms with E-state index in [1.54, 1.807) is 28.4 Å². The van der Waals surface area contributed by atoms with Crippen LogP contribution in [0, 0.1) is 0 Å².